The van der Waals surface area contributed by atoms with E-state index in [1.165, 1.54) is 6.42 Å². The molecular formula is C20H26O2. The summed E-state index contributed by atoms with van der Waals surface area (Å²) in [5, 5.41) is 11.1. The molecule has 1 aromatic carbocycles. The molecule has 0 saturated heterocycles. The summed E-state index contributed by atoms with van der Waals surface area (Å²) < 4.78 is 5.60. The van der Waals surface area contributed by atoms with Crippen LogP contribution >= 0.6 is 0 Å². The van der Waals surface area contributed by atoms with Gasteiger partial charge in [0.1, 0.15) is 12.2 Å². The van der Waals surface area contributed by atoms with Gasteiger partial charge in [-0.15, -0.1) is 0 Å². The highest BCUT2D eigenvalue weighted by atomic mass is 16.5. The Hall–Kier alpha value is -1.30. The molecule has 2 fully saturated rings. The van der Waals surface area contributed by atoms with Gasteiger partial charge in [-0.3, -0.25) is 0 Å². The van der Waals surface area contributed by atoms with Crippen molar-refractivity contribution in [2.45, 2.75) is 52.2 Å². The molecule has 118 valence electrons. The van der Waals surface area contributed by atoms with E-state index in [-0.39, 0.29) is 10.8 Å². The lowest BCUT2D eigenvalue weighted by Crippen LogP contribution is -2.46. The largest absolute Gasteiger partial charge is 0.377 e. The first-order valence-electron chi connectivity index (χ1n) is 8.23. The zero-order chi connectivity index (χ0) is 15.8. The summed E-state index contributed by atoms with van der Waals surface area (Å²) in [4.78, 5) is 0. The number of hydrogen-bond donors (Lipinski definition) is 1. The van der Waals surface area contributed by atoms with Gasteiger partial charge in [0.2, 0.25) is 0 Å². The molecule has 0 heterocycles. The molecule has 3 rings (SSSR count). The van der Waals surface area contributed by atoms with Gasteiger partial charge < -0.3 is 9.84 Å². The normalized spacial score (nSPS) is 35.2. The predicted molar refractivity (Wildman–Crippen MR) is 88.1 cm³/mol. The Bertz CT molecular complexity index is 595. The summed E-state index contributed by atoms with van der Waals surface area (Å²) in [5.41, 5.74) is 0.365. The SMILES string of the molecule is CC1(C)[C@@H]2CC[C@@]1(C)[C@@](O)(C#CCOCc1ccccc1)C2. The monoisotopic (exact) mass is 298 g/mol. The Morgan fingerprint density at radius 1 is 1.23 bits per heavy atom. The number of fused-ring (bicyclic) bond motifs is 2. The van der Waals surface area contributed by atoms with E-state index in [1.54, 1.807) is 0 Å². The first-order valence-corrected chi connectivity index (χ1v) is 8.23. The molecule has 0 radical (unpaired) electrons. The van der Waals surface area contributed by atoms with Crippen molar-refractivity contribution in [3.63, 3.8) is 0 Å². The number of aliphatic hydroxyl groups is 1. The molecule has 0 amide bonds. The molecule has 3 atom stereocenters. The van der Waals surface area contributed by atoms with E-state index in [0.29, 0.717) is 19.1 Å². The second kappa shape index (κ2) is 5.41. The highest BCUT2D eigenvalue weighted by molar-refractivity contribution is 5.30. The lowest BCUT2D eigenvalue weighted by Gasteiger charge is -2.42. The van der Waals surface area contributed by atoms with Gasteiger partial charge >= 0.3 is 0 Å². The summed E-state index contributed by atoms with van der Waals surface area (Å²) in [6, 6.07) is 10.1. The second-order valence-electron chi connectivity index (χ2n) is 7.63. The lowest BCUT2D eigenvalue weighted by atomic mass is 9.64. The van der Waals surface area contributed by atoms with Crippen molar-refractivity contribution >= 4 is 0 Å². The molecule has 2 aliphatic rings. The van der Waals surface area contributed by atoms with Crippen LogP contribution in [0, 0.1) is 28.6 Å². The predicted octanol–water partition coefficient (Wildman–Crippen LogP) is 3.78. The highest BCUT2D eigenvalue weighted by Crippen LogP contribution is 2.69. The summed E-state index contributed by atoms with van der Waals surface area (Å²) >= 11 is 0. The average Bonchev–Trinajstić information content (AvgIpc) is 2.80. The zero-order valence-electron chi connectivity index (χ0n) is 13.9. The van der Waals surface area contributed by atoms with E-state index in [2.05, 4.69) is 32.6 Å². The highest BCUT2D eigenvalue weighted by Gasteiger charge is 2.68. The van der Waals surface area contributed by atoms with Gasteiger partial charge in [0, 0.05) is 5.41 Å². The lowest BCUT2D eigenvalue weighted by molar-refractivity contribution is -0.0434. The first-order chi connectivity index (χ1) is 10.4. The van der Waals surface area contributed by atoms with Crippen molar-refractivity contribution in [1.29, 1.82) is 0 Å². The van der Waals surface area contributed by atoms with E-state index in [4.69, 9.17) is 4.74 Å². The Kier molecular flexibility index (Phi) is 3.83. The summed E-state index contributed by atoms with van der Waals surface area (Å²) in [5.74, 6) is 6.80. The van der Waals surface area contributed by atoms with Crippen LogP contribution in [0.1, 0.15) is 45.6 Å². The number of hydrogen-bond acceptors (Lipinski definition) is 2. The van der Waals surface area contributed by atoms with Crippen LogP contribution in [0.3, 0.4) is 0 Å². The molecule has 0 aliphatic heterocycles. The van der Waals surface area contributed by atoms with E-state index < -0.39 is 5.60 Å². The van der Waals surface area contributed by atoms with Crippen LogP contribution < -0.4 is 0 Å². The minimum absolute atomic E-state index is 0.100. The van der Waals surface area contributed by atoms with Gasteiger partial charge in [0.25, 0.3) is 0 Å². The topological polar surface area (TPSA) is 29.5 Å². The molecule has 0 aromatic heterocycles. The fraction of sp³-hybridized carbons (Fsp3) is 0.600. The Morgan fingerprint density at radius 3 is 2.55 bits per heavy atom. The van der Waals surface area contributed by atoms with Crippen molar-refractivity contribution < 1.29 is 9.84 Å². The smallest absolute Gasteiger partial charge is 0.131 e. The van der Waals surface area contributed by atoms with Crippen molar-refractivity contribution in [2.24, 2.45) is 16.7 Å². The van der Waals surface area contributed by atoms with E-state index in [1.807, 2.05) is 30.3 Å². The van der Waals surface area contributed by atoms with Gasteiger partial charge in [-0.2, -0.15) is 0 Å². The van der Waals surface area contributed by atoms with Crippen molar-refractivity contribution in [2.75, 3.05) is 6.61 Å². The summed E-state index contributed by atoms with van der Waals surface area (Å²) in [6.07, 6.45) is 3.10. The first kappa shape index (κ1) is 15.6. The average molecular weight is 298 g/mol. The van der Waals surface area contributed by atoms with Crippen LogP contribution in [-0.4, -0.2) is 17.3 Å². The van der Waals surface area contributed by atoms with Gasteiger partial charge in [0.05, 0.1) is 6.61 Å². The standard InChI is InChI=1S/C20H26O2/c1-18(2)17-10-12-19(18,3)20(21,14-17)11-7-13-22-15-16-8-5-4-6-9-16/h4-6,8-9,17,21H,10,12-15H2,1-3H3/t17-,19-,20-/m1/s1. The van der Waals surface area contributed by atoms with Crippen molar-refractivity contribution in [1.82, 2.24) is 0 Å². The quantitative estimate of drug-likeness (QED) is 0.679. The maximum atomic E-state index is 11.1. The van der Waals surface area contributed by atoms with Crippen molar-refractivity contribution in [3.05, 3.63) is 35.9 Å². The molecule has 0 spiro atoms. The number of rotatable bonds is 3. The molecule has 1 N–H and O–H groups in total. The maximum absolute atomic E-state index is 11.1. The summed E-state index contributed by atoms with van der Waals surface area (Å²) in [6.45, 7) is 7.73. The molecule has 2 nitrogen and oxygen atoms in total. The van der Waals surface area contributed by atoms with Crippen LogP contribution in [0.15, 0.2) is 30.3 Å². The Balaban J connectivity index is 1.60. The fourth-order valence-corrected chi connectivity index (χ4v) is 4.44. The summed E-state index contributed by atoms with van der Waals surface area (Å²) in [7, 11) is 0. The Labute approximate surface area is 133 Å². The maximum Gasteiger partial charge on any atom is 0.131 e. The van der Waals surface area contributed by atoms with Gasteiger partial charge in [-0.25, -0.2) is 0 Å². The Morgan fingerprint density at radius 2 is 1.95 bits per heavy atom. The minimum Gasteiger partial charge on any atom is -0.377 e. The molecule has 2 heteroatoms. The third-order valence-electron chi connectivity index (χ3n) is 6.47. The molecule has 22 heavy (non-hydrogen) atoms. The van der Waals surface area contributed by atoms with Crippen molar-refractivity contribution in [3.8, 4) is 11.8 Å². The van der Waals surface area contributed by atoms with E-state index in [0.717, 1.165) is 18.4 Å². The van der Waals surface area contributed by atoms with E-state index in [9.17, 15) is 5.11 Å². The third-order valence-corrected chi connectivity index (χ3v) is 6.47. The second-order valence-corrected chi connectivity index (χ2v) is 7.63. The van der Waals surface area contributed by atoms with Crippen LogP contribution in [0.5, 0.6) is 0 Å². The molecule has 0 unspecified atom stereocenters. The third kappa shape index (κ3) is 2.28. The molecule has 1 aromatic rings. The fourth-order valence-electron chi connectivity index (χ4n) is 4.44. The molecule has 2 saturated carbocycles. The van der Waals surface area contributed by atoms with Gasteiger partial charge in [0.15, 0.2) is 0 Å². The number of benzene rings is 1. The van der Waals surface area contributed by atoms with Crippen LogP contribution in [0.2, 0.25) is 0 Å². The molecular weight excluding hydrogens is 272 g/mol. The van der Waals surface area contributed by atoms with Crippen LogP contribution in [-0.2, 0) is 11.3 Å². The zero-order valence-corrected chi connectivity index (χ0v) is 13.9. The van der Waals surface area contributed by atoms with Gasteiger partial charge in [-0.1, -0.05) is 62.9 Å². The van der Waals surface area contributed by atoms with Crippen LogP contribution in [0.25, 0.3) is 0 Å². The van der Waals surface area contributed by atoms with E-state index >= 15 is 0 Å². The van der Waals surface area contributed by atoms with Gasteiger partial charge in [-0.05, 0) is 36.2 Å². The minimum atomic E-state index is -0.852. The molecule has 2 aliphatic carbocycles. The number of ether oxygens (including phenoxy) is 1. The van der Waals surface area contributed by atoms with Crippen LogP contribution in [0.4, 0.5) is 0 Å². The molecule has 2 bridgehead atoms.